The maximum Gasteiger partial charge on any atom is 2.00 e. The van der Waals surface area contributed by atoms with E-state index >= 15 is 0 Å². The van der Waals surface area contributed by atoms with Gasteiger partial charge in [-0.05, 0) is 33.5 Å². The van der Waals surface area contributed by atoms with Crippen molar-refractivity contribution in [1.82, 2.24) is 23.8 Å². The molecule has 228 valence electrons. The van der Waals surface area contributed by atoms with E-state index in [0.29, 0.717) is 11.5 Å². The van der Waals surface area contributed by atoms with Gasteiger partial charge in [0.2, 0.25) is 0 Å². The molecule has 48 heavy (non-hydrogen) atoms. The molecule has 5 aromatic heterocycles. The summed E-state index contributed by atoms with van der Waals surface area (Å²) in [6.07, 6.45) is 11.3. The summed E-state index contributed by atoms with van der Waals surface area (Å²) in [7, 11) is 0. The maximum atomic E-state index is 6.44. The molecule has 0 atom stereocenters. The van der Waals surface area contributed by atoms with Crippen LogP contribution < -0.4 is 4.74 Å². The van der Waals surface area contributed by atoms with Crippen molar-refractivity contribution in [2.75, 3.05) is 0 Å². The Morgan fingerprint density at radius 3 is 1.85 bits per heavy atom. The fraction of sp³-hybridized carbons (Fsp3) is 0. The van der Waals surface area contributed by atoms with Crippen LogP contribution in [0, 0.1) is 12.1 Å². The second kappa shape index (κ2) is 11.1. The van der Waals surface area contributed by atoms with Gasteiger partial charge in [-0.1, -0.05) is 119 Å². The molecular formula is C41H23N5OPt. The Labute approximate surface area is 289 Å². The van der Waals surface area contributed by atoms with Crippen LogP contribution in [0.4, 0.5) is 0 Å². The Hall–Kier alpha value is -5.84. The Morgan fingerprint density at radius 1 is 0.542 bits per heavy atom. The van der Waals surface area contributed by atoms with Crippen molar-refractivity contribution in [2.24, 2.45) is 0 Å². The van der Waals surface area contributed by atoms with E-state index in [4.69, 9.17) is 9.72 Å². The number of benzene rings is 5. The standard InChI is InChI=1S/C41H23N5O.Pt/c1-3-7-26(8-4-1)30-15-16-34-32-14-12-29(24-36(32)41-44-20-22-46(41)39(34)38(30)27-9-5-2-6-10-27)47-28-11-13-31-33-17-18-42-25-37(33)45-21-19-43-40(45)35(31)23-28;/h1-22,25H;/q-2;+2. The number of fused-ring (bicyclic) bond motifs is 12. The van der Waals surface area contributed by atoms with E-state index in [-0.39, 0.29) is 21.1 Å². The summed E-state index contributed by atoms with van der Waals surface area (Å²) in [6, 6.07) is 42.8. The van der Waals surface area contributed by atoms with Crippen LogP contribution in [-0.2, 0) is 21.1 Å². The fourth-order valence-electron chi connectivity index (χ4n) is 6.96. The van der Waals surface area contributed by atoms with Gasteiger partial charge in [-0.2, -0.15) is 0 Å². The molecule has 5 aromatic carbocycles. The van der Waals surface area contributed by atoms with Crippen LogP contribution in [0.2, 0.25) is 0 Å². The molecule has 0 aliphatic carbocycles. The first kappa shape index (κ1) is 28.4. The van der Waals surface area contributed by atoms with Gasteiger partial charge in [0, 0.05) is 59.8 Å². The number of ether oxygens (including phenoxy) is 1. The molecule has 0 unspecified atom stereocenters. The van der Waals surface area contributed by atoms with Crippen LogP contribution in [0.25, 0.3) is 76.9 Å². The Balaban J connectivity index is 0.00000314. The molecule has 0 N–H and O–H groups in total. The smallest absolute Gasteiger partial charge is 0.497 e. The molecule has 10 aromatic rings. The molecule has 0 saturated heterocycles. The van der Waals surface area contributed by atoms with Crippen LogP contribution in [-0.4, -0.2) is 23.8 Å². The molecule has 0 saturated carbocycles. The summed E-state index contributed by atoms with van der Waals surface area (Å²) >= 11 is 0. The van der Waals surface area contributed by atoms with Gasteiger partial charge in [-0.3, -0.25) is 15.0 Å². The quantitative estimate of drug-likeness (QED) is 0.132. The molecule has 0 fully saturated rings. The molecule has 0 spiro atoms. The summed E-state index contributed by atoms with van der Waals surface area (Å²) in [5.74, 6) is 1.18. The molecule has 7 heteroatoms. The summed E-state index contributed by atoms with van der Waals surface area (Å²) in [6.45, 7) is 0. The van der Waals surface area contributed by atoms with Crippen molar-refractivity contribution in [2.45, 2.75) is 0 Å². The Kier molecular flexibility index (Phi) is 6.59. The number of aromatic nitrogens is 5. The van der Waals surface area contributed by atoms with E-state index in [1.807, 2.05) is 53.6 Å². The van der Waals surface area contributed by atoms with E-state index in [1.165, 1.54) is 16.7 Å². The number of pyridine rings is 3. The first-order chi connectivity index (χ1) is 23.3. The van der Waals surface area contributed by atoms with E-state index in [2.05, 4.69) is 111 Å². The van der Waals surface area contributed by atoms with Gasteiger partial charge in [0.15, 0.2) is 0 Å². The second-order valence-corrected chi connectivity index (χ2v) is 11.6. The van der Waals surface area contributed by atoms with Crippen LogP contribution in [0.1, 0.15) is 0 Å². The van der Waals surface area contributed by atoms with Crippen molar-refractivity contribution in [3.63, 3.8) is 0 Å². The minimum Gasteiger partial charge on any atom is -0.497 e. The summed E-state index contributed by atoms with van der Waals surface area (Å²) in [4.78, 5) is 13.8. The predicted octanol–water partition coefficient (Wildman–Crippen LogP) is 9.71. The summed E-state index contributed by atoms with van der Waals surface area (Å²) < 4.78 is 10.7. The van der Waals surface area contributed by atoms with Crippen molar-refractivity contribution >= 4 is 54.6 Å². The van der Waals surface area contributed by atoms with E-state index in [1.54, 1.807) is 6.20 Å². The van der Waals surface area contributed by atoms with Gasteiger partial charge in [0.05, 0.1) is 16.8 Å². The zero-order chi connectivity index (χ0) is 30.9. The number of hydrogen-bond acceptors (Lipinski definition) is 4. The van der Waals surface area contributed by atoms with Gasteiger partial charge < -0.3 is 13.5 Å². The van der Waals surface area contributed by atoms with Crippen molar-refractivity contribution in [3.8, 4) is 33.8 Å². The van der Waals surface area contributed by atoms with Crippen molar-refractivity contribution < 1.29 is 25.8 Å². The Bertz CT molecular complexity index is 2830. The van der Waals surface area contributed by atoms with Crippen LogP contribution in [0.15, 0.2) is 140 Å². The molecular weight excluding hydrogens is 774 g/mol. The van der Waals surface area contributed by atoms with Gasteiger partial charge in [-0.15, -0.1) is 12.1 Å². The minimum atomic E-state index is 0. The average Bonchev–Trinajstić information content (AvgIpc) is 3.84. The molecule has 0 radical (unpaired) electrons. The molecule has 6 nitrogen and oxygen atoms in total. The monoisotopic (exact) mass is 796 g/mol. The largest absolute Gasteiger partial charge is 2.00 e. The minimum absolute atomic E-state index is 0. The normalized spacial score (nSPS) is 11.6. The summed E-state index contributed by atoms with van der Waals surface area (Å²) in [5.41, 5.74) is 8.39. The second-order valence-electron chi connectivity index (χ2n) is 11.6. The van der Waals surface area contributed by atoms with Crippen LogP contribution in [0.5, 0.6) is 11.5 Å². The molecule has 0 amide bonds. The third-order valence-electron chi connectivity index (χ3n) is 8.99. The predicted molar refractivity (Wildman–Crippen MR) is 187 cm³/mol. The maximum absolute atomic E-state index is 6.44. The molecule has 0 bridgehead atoms. The summed E-state index contributed by atoms with van der Waals surface area (Å²) in [5, 5.41) is 6.08. The third kappa shape index (κ3) is 4.26. The van der Waals surface area contributed by atoms with E-state index in [9.17, 15) is 0 Å². The van der Waals surface area contributed by atoms with Gasteiger partial charge in [0.25, 0.3) is 0 Å². The topological polar surface area (TPSA) is 56.7 Å². The SMILES string of the molecule is [Pt+2].[c-]1c(Oc2[c-]c3c(cc2)c2ccc(-c4ccccc4)c(-c4ccccc4)c2n2ccnc32)ccc2c1c1nccn1c1cnccc21. The molecule has 0 aliphatic rings. The number of nitrogens with zero attached hydrogens (tertiary/aromatic N) is 5. The zero-order valence-electron chi connectivity index (χ0n) is 25.2. The number of imidazole rings is 2. The Morgan fingerprint density at radius 2 is 1.15 bits per heavy atom. The van der Waals surface area contributed by atoms with Crippen LogP contribution in [0.3, 0.4) is 0 Å². The van der Waals surface area contributed by atoms with Crippen LogP contribution >= 0.6 is 0 Å². The third-order valence-corrected chi connectivity index (χ3v) is 8.99. The zero-order valence-corrected chi connectivity index (χ0v) is 27.5. The van der Waals surface area contributed by atoms with Crippen molar-refractivity contribution in [3.05, 3.63) is 152 Å². The molecule has 5 heterocycles. The van der Waals surface area contributed by atoms with Crippen molar-refractivity contribution in [1.29, 1.82) is 0 Å². The average molecular weight is 797 g/mol. The van der Waals surface area contributed by atoms with Gasteiger partial charge in [0.1, 0.15) is 0 Å². The van der Waals surface area contributed by atoms with E-state index < -0.39 is 0 Å². The van der Waals surface area contributed by atoms with E-state index in [0.717, 1.165) is 60.2 Å². The molecule has 0 aliphatic heterocycles. The molecule has 10 rings (SSSR count). The van der Waals surface area contributed by atoms with Gasteiger partial charge >= 0.3 is 21.1 Å². The number of rotatable bonds is 4. The fourth-order valence-corrected chi connectivity index (χ4v) is 6.96. The first-order valence-corrected chi connectivity index (χ1v) is 15.4. The number of hydrogen-bond donors (Lipinski definition) is 0. The first-order valence-electron chi connectivity index (χ1n) is 15.4. The van der Waals surface area contributed by atoms with Gasteiger partial charge in [-0.25, -0.2) is 0 Å².